The molecule has 0 saturated carbocycles. The Labute approximate surface area is 660 Å². The van der Waals surface area contributed by atoms with Gasteiger partial charge in [-0.1, -0.05) is 219 Å². The van der Waals surface area contributed by atoms with Crippen LogP contribution >= 0.6 is 0 Å². The highest BCUT2D eigenvalue weighted by molar-refractivity contribution is 6.06. The van der Waals surface area contributed by atoms with E-state index in [4.69, 9.17) is 18.9 Å². The van der Waals surface area contributed by atoms with Crippen molar-refractivity contribution >= 4 is 77.6 Å². The molecule has 5 aliphatic rings. The molecule has 14 rings (SSSR count). The Kier molecular flexibility index (Phi) is 24.0. The van der Waals surface area contributed by atoms with Crippen LogP contribution in [0.25, 0.3) is 36.5 Å². The van der Waals surface area contributed by atoms with Crippen molar-refractivity contribution in [3.05, 3.63) is 287 Å². The van der Waals surface area contributed by atoms with Crippen LogP contribution in [0.15, 0.2) is 194 Å². The van der Waals surface area contributed by atoms with Crippen molar-refractivity contribution in [3.8, 4) is 51.7 Å². The minimum absolute atomic E-state index is 0.00815. The highest BCUT2D eigenvalue weighted by atomic mass is 16.5. The number of rotatable bonds is 10. The van der Waals surface area contributed by atoms with Gasteiger partial charge in [0.05, 0.1) is 28.9 Å². The molecule has 5 N–H and O–H groups in total. The van der Waals surface area contributed by atoms with E-state index in [0.717, 1.165) is 32.9 Å². The fourth-order valence-corrected chi connectivity index (χ4v) is 13.1. The molecule has 0 bridgehead atoms. The third-order valence-corrected chi connectivity index (χ3v) is 19.3. The molecule has 0 spiro atoms. The molecular formula is C94H91N2O18-3. The second-order valence-electron chi connectivity index (χ2n) is 32.7. The summed E-state index contributed by atoms with van der Waals surface area (Å²) in [5.41, 5.74) is 5.58. The van der Waals surface area contributed by atoms with Gasteiger partial charge in [-0.15, -0.1) is 17.2 Å². The zero-order valence-electron chi connectivity index (χ0n) is 66.2. The Morgan fingerprint density at radius 2 is 0.842 bits per heavy atom. The molecule has 9 aromatic carbocycles. The molecule has 3 unspecified atom stereocenters. The third kappa shape index (κ3) is 18.8. The number of carboxylic acid groups (broad SMARTS) is 3. The van der Waals surface area contributed by atoms with E-state index in [2.05, 4.69) is 52.4 Å². The summed E-state index contributed by atoms with van der Waals surface area (Å²) >= 11 is 0. The van der Waals surface area contributed by atoms with E-state index in [0.29, 0.717) is 118 Å². The highest BCUT2D eigenvalue weighted by Gasteiger charge is 2.41. The average molecular weight is 1540 g/mol. The first-order valence-electron chi connectivity index (χ1n) is 36.8. The predicted molar refractivity (Wildman–Crippen MR) is 431 cm³/mol. The lowest BCUT2D eigenvalue weighted by atomic mass is 9.83. The molecule has 1 saturated heterocycles. The minimum Gasteiger partial charge on any atom is -0.872 e. The van der Waals surface area contributed by atoms with Gasteiger partial charge in [0.15, 0.2) is 11.6 Å². The van der Waals surface area contributed by atoms with Gasteiger partial charge in [-0.3, -0.25) is 19.2 Å². The number of benzene rings is 9. The molecule has 114 heavy (non-hydrogen) atoms. The molecule has 20 heteroatoms. The Morgan fingerprint density at radius 3 is 1.25 bits per heavy atom. The van der Waals surface area contributed by atoms with Crippen molar-refractivity contribution in [1.29, 1.82) is 0 Å². The Balaban J connectivity index is 0.000000158. The van der Waals surface area contributed by atoms with Gasteiger partial charge in [-0.25, -0.2) is 14.4 Å². The van der Waals surface area contributed by atoms with Crippen molar-refractivity contribution in [3.63, 3.8) is 0 Å². The first-order valence-corrected chi connectivity index (χ1v) is 36.8. The zero-order valence-corrected chi connectivity index (χ0v) is 66.2. The van der Waals surface area contributed by atoms with Crippen LogP contribution in [0.2, 0.25) is 0 Å². The summed E-state index contributed by atoms with van der Waals surface area (Å²) in [6.07, 6.45) is 2.09. The number of carboxylic acids is 3. The Hall–Kier alpha value is -12.9. The first kappa shape index (κ1) is 83.6. The van der Waals surface area contributed by atoms with Gasteiger partial charge in [0.1, 0.15) is 52.3 Å². The van der Waals surface area contributed by atoms with E-state index in [1.165, 1.54) is 48.5 Å². The van der Waals surface area contributed by atoms with E-state index in [1.54, 1.807) is 137 Å². The van der Waals surface area contributed by atoms with Crippen LogP contribution in [0.1, 0.15) is 195 Å². The van der Waals surface area contributed by atoms with Crippen molar-refractivity contribution in [2.75, 3.05) is 0 Å². The quantitative estimate of drug-likeness (QED) is 0.0794. The molecule has 0 aromatic heterocycles. The fourth-order valence-electron chi connectivity index (χ4n) is 13.1. The highest BCUT2D eigenvalue weighted by Crippen LogP contribution is 2.43. The number of ketones is 3. The molecule has 1 amide bonds. The first-order chi connectivity index (χ1) is 53.3. The molecule has 5 aliphatic heterocycles. The third-order valence-electron chi connectivity index (χ3n) is 19.3. The van der Waals surface area contributed by atoms with E-state index >= 15 is 0 Å². The average Bonchev–Trinajstić information content (AvgIpc) is 1.03. The molecule has 0 radical (unpaired) electrons. The lowest BCUT2D eigenvalue weighted by molar-refractivity contribution is -0.269. The number of nitrogens with one attached hydrogen (secondary N) is 1. The number of fused-ring (bicyclic) bond motifs is 6. The van der Waals surface area contributed by atoms with Gasteiger partial charge in [0, 0.05) is 94.6 Å². The van der Waals surface area contributed by atoms with Gasteiger partial charge in [0.2, 0.25) is 0 Å². The summed E-state index contributed by atoms with van der Waals surface area (Å²) in [6.45, 7) is 41.9. The fraction of sp³-hybridized carbons (Fsp3) is 0.245. The number of aromatic carboxylic acids is 3. The molecule has 588 valence electrons. The van der Waals surface area contributed by atoms with Crippen LogP contribution in [-0.4, -0.2) is 84.9 Å². The van der Waals surface area contributed by atoms with Crippen molar-refractivity contribution in [2.45, 2.75) is 128 Å². The van der Waals surface area contributed by atoms with Crippen LogP contribution in [0, 0.1) is 21.7 Å². The molecular weight excluding hydrogens is 1450 g/mol. The van der Waals surface area contributed by atoms with E-state index < -0.39 is 34.8 Å². The van der Waals surface area contributed by atoms with Gasteiger partial charge >= 0.3 is 17.9 Å². The number of hydrogen-bond donors (Lipinski definition) is 5. The number of aliphatic hydroxyl groups excluding tert-OH is 1. The Bertz CT molecular complexity index is 5860. The normalized spacial score (nSPS) is 15.7. The van der Waals surface area contributed by atoms with Gasteiger partial charge < -0.3 is 64.9 Å². The minimum atomic E-state index is -1.14. The van der Waals surface area contributed by atoms with E-state index in [1.807, 2.05) is 71.9 Å². The molecule has 20 nitrogen and oxygen atoms in total. The number of carbonyl (C=O) groups is 7. The smallest absolute Gasteiger partial charge is 0.336 e. The Morgan fingerprint density at radius 1 is 0.465 bits per heavy atom. The molecule has 9 aromatic rings. The van der Waals surface area contributed by atoms with Gasteiger partial charge in [0.25, 0.3) is 5.91 Å². The standard InChI is InChI=1S/2C26H22O5.C21H14O4.C15H24N2O3.C6H12O/c1-14-5-8-18-21(11-14)31-22-13-16(27)7-10-19(22)23(18)20-12-15(24(28)26(2,3)4)6-9-17(20)25(29)30;1-14-5-8-18-21(11-14)31-22-13-16(27)7-10-19(22)23(18)17-9-6-15(12-20(17)25(29)30)24(28)26(2,3)4;1-12-6-8-16-18(10-12)25-19-11-13(22)7-9-17(19)20(16)14-4-2-3-5-15(14)21(23)24;1-9-8-17(10(2)16-14(9)19)13-6-11(18)12(20-13)7-15(3,4)5;1-5(7)6(2,3)4/h2*5-13,27H,1H2,2-4H3,(H,29,30);2-11,22H,1H2,(H,23,24);8,11-13,18H,2,6-7H2,1,3-5H3,(H,16,19);1-4H3/p-3. The molecule has 3 atom stereocenters. The van der Waals surface area contributed by atoms with Crippen molar-refractivity contribution in [1.82, 2.24) is 10.2 Å². The maximum atomic E-state index is 12.9. The van der Waals surface area contributed by atoms with E-state index in [-0.39, 0.29) is 80.4 Å². The number of amides is 1. The lowest BCUT2D eigenvalue weighted by Gasteiger charge is -2.33. The van der Waals surface area contributed by atoms with Crippen LogP contribution < -0.4 is 66.2 Å². The van der Waals surface area contributed by atoms with Gasteiger partial charge in [-0.05, 0) is 119 Å². The summed E-state index contributed by atoms with van der Waals surface area (Å²) in [7, 11) is 0. The second kappa shape index (κ2) is 32.8. The van der Waals surface area contributed by atoms with Crippen LogP contribution in [0.4, 0.5) is 0 Å². The summed E-state index contributed by atoms with van der Waals surface area (Å²) in [5, 5.41) is 82.3. The number of carbonyl (C=O) groups excluding carboxylic acids is 4. The number of hydrogen-bond acceptors (Lipinski definition) is 16. The molecule has 1 fully saturated rings. The monoisotopic (exact) mass is 1540 g/mol. The SMILES string of the molecule is C=C1NC(=O)C(C)=CN1C1CC(O)C(CC(C)(C)C)O1.C=c1ccc2c(c1)Oc1cc([O-])ccc1C=2c1cc(C(=O)C(C)(C)C)ccc1C(=O)O.C=c1ccc2c(c1)Oc1cc([O-])ccc1C=2c1ccc(C(=O)C(C)(C)C)cc1C(=O)O.C=c1ccc2c(c1)Oc1cc([O-])ccc1C=2c1ccccc1C(=O)O.CC(=O)C(C)(C)C. The van der Waals surface area contributed by atoms with E-state index in [9.17, 15) is 69.3 Å². The second-order valence-corrected chi connectivity index (χ2v) is 32.7. The summed E-state index contributed by atoms with van der Waals surface area (Å²) < 4.78 is 23.7. The maximum absolute atomic E-state index is 12.9. The topological polar surface area (TPSA) is 322 Å². The number of ether oxygens (including phenoxy) is 4. The maximum Gasteiger partial charge on any atom is 0.336 e. The molecule has 5 heterocycles. The van der Waals surface area contributed by atoms with Gasteiger partial charge in [-0.2, -0.15) is 0 Å². The summed E-state index contributed by atoms with van der Waals surface area (Å²) in [4.78, 5) is 85.4. The van der Waals surface area contributed by atoms with Crippen LogP contribution in [-0.2, 0) is 14.3 Å². The zero-order chi connectivity index (χ0) is 83.7. The summed E-state index contributed by atoms with van der Waals surface area (Å²) in [5.74, 6) is -0.869. The van der Waals surface area contributed by atoms with Crippen LogP contribution in [0.5, 0.6) is 51.7 Å². The molecule has 0 aliphatic carbocycles. The number of nitrogens with zero attached hydrogens (tertiary/aromatic N) is 1. The number of Topliss-reactive ketones (excluding diaryl/α,β-unsaturated/α-hetero) is 3. The predicted octanol–water partition coefficient (Wildman–Crippen LogP) is 12.4. The number of aliphatic hydroxyl groups is 1. The van der Waals surface area contributed by atoms with Crippen LogP contribution in [0.3, 0.4) is 0 Å². The largest absolute Gasteiger partial charge is 0.872 e. The summed E-state index contributed by atoms with van der Waals surface area (Å²) in [6, 6.07) is 45.7. The van der Waals surface area contributed by atoms with Crippen molar-refractivity contribution in [2.24, 2.45) is 21.7 Å². The van der Waals surface area contributed by atoms with Crippen molar-refractivity contribution < 1.29 is 88.3 Å². The lowest BCUT2D eigenvalue weighted by Crippen LogP contribution is -2.42.